The number of ether oxygens (including phenoxy) is 1. The van der Waals surface area contributed by atoms with Crippen LogP contribution in [0.3, 0.4) is 0 Å². The molecule has 4 aromatic rings. The van der Waals surface area contributed by atoms with Crippen LogP contribution < -0.4 is 4.74 Å². The maximum atomic E-state index is 5.48. The molecular weight excluding hydrogens is 410 g/mol. The van der Waals surface area contributed by atoms with Crippen LogP contribution in [0.4, 0.5) is 0 Å². The molecular formula is C19H16BrN5O2. The van der Waals surface area contributed by atoms with Gasteiger partial charge in [0, 0.05) is 4.47 Å². The molecule has 0 saturated heterocycles. The second kappa shape index (κ2) is 7.32. The van der Waals surface area contributed by atoms with E-state index in [1.807, 2.05) is 55.5 Å². The smallest absolute Gasteiger partial charge is 0.280 e. The largest absolute Gasteiger partial charge is 0.496 e. The third-order valence-electron chi connectivity index (χ3n) is 4.16. The van der Waals surface area contributed by atoms with Crippen molar-refractivity contribution in [1.29, 1.82) is 0 Å². The summed E-state index contributed by atoms with van der Waals surface area (Å²) in [5.74, 6) is 1.45. The number of para-hydroxylation sites is 2. The van der Waals surface area contributed by atoms with Crippen molar-refractivity contribution in [1.82, 2.24) is 25.1 Å². The molecule has 7 nitrogen and oxygen atoms in total. The van der Waals surface area contributed by atoms with E-state index in [-0.39, 0.29) is 0 Å². The Labute approximate surface area is 164 Å². The molecule has 2 aromatic heterocycles. The van der Waals surface area contributed by atoms with Gasteiger partial charge in [-0.1, -0.05) is 41.6 Å². The fraction of sp³-hybridized carbons (Fsp3) is 0.158. The average Bonchev–Trinajstić information content (AvgIpc) is 3.35. The van der Waals surface area contributed by atoms with Crippen molar-refractivity contribution in [2.45, 2.75) is 13.3 Å². The molecule has 0 aliphatic rings. The number of hydrogen-bond acceptors (Lipinski definition) is 6. The average molecular weight is 426 g/mol. The molecule has 4 rings (SSSR count). The summed E-state index contributed by atoms with van der Waals surface area (Å²) in [4.78, 5) is 4.51. The lowest BCUT2D eigenvalue weighted by Gasteiger charge is -2.06. The highest BCUT2D eigenvalue weighted by atomic mass is 79.9. The molecule has 0 atom stereocenters. The Balaban J connectivity index is 1.78. The van der Waals surface area contributed by atoms with Gasteiger partial charge in [-0.05, 0) is 46.6 Å². The molecule has 2 heterocycles. The second-order valence-electron chi connectivity index (χ2n) is 5.72. The Morgan fingerprint density at radius 3 is 2.67 bits per heavy atom. The number of aromatic nitrogens is 5. The van der Waals surface area contributed by atoms with Gasteiger partial charge < -0.3 is 9.26 Å². The summed E-state index contributed by atoms with van der Waals surface area (Å²) < 4.78 is 13.6. The van der Waals surface area contributed by atoms with Crippen molar-refractivity contribution < 1.29 is 9.26 Å². The zero-order chi connectivity index (χ0) is 18.8. The van der Waals surface area contributed by atoms with Gasteiger partial charge in [0.05, 0.1) is 24.1 Å². The normalized spacial score (nSPS) is 10.9. The van der Waals surface area contributed by atoms with E-state index in [2.05, 4.69) is 36.4 Å². The fourth-order valence-electron chi connectivity index (χ4n) is 2.86. The van der Waals surface area contributed by atoms with Crippen LogP contribution in [-0.2, 0) is 6.42 Å². The van der Waals surface area contributed by atoms with Crippen LogP contribution in [0.1, 0.15) is 12.6 Å². The molecule has 2 aromatic carbocycles. The number of hydrogen-bond donors (Lipinski definition) is 0. The highest BCUT2D eigenvalue weighted by Gasteiger charge is 2.22. The topological polar surface area (TPSA) is 78.9 Å². The first kappa shape index (κ1) is 17.4. The number of benzene rings is 2. The van der Waals surface area contributed by atoms with Crippen LogP contribution in [0.15, 0.2) is 57.5 Å². The van der Waals surface area contributed by atoms with Gasteiger partial charge in [-0.15, -0.1) is 5.10 Å². The van der Waals surface area contributed by atoms with Crippen molar-refractivity contribution >= 4 is 15.9 Å². The molecule has 0 spiro atoms. The number of methoxy groups -OCH3 is 1. The van der Waals surface area contributed by atoms with Crippen molar-refractivity contribution in [3.63, 3.8) is 0 Å². The van der Waals surface area contributed by atoms with E-state index in [0.717, 1.165) is 21.4 Å². The summed E-state index contributed by atoms with van der Waals surface area (Å²) in [6.45, 7) is 2.03. The summed E-state index contributed by atoms with van der Waals surface area (Å²) in [5.41, 5.74) is 3.11. The maximum Gasteiger partial charge on any atom is 0.280 e. The van der Waals surface area contributed by atoms with E-state index in [1.54, 1.807) is 11.8 Å². The van der Waals surface area contributed by atoms with E-state index in [4.69, 9.17) is 9.26 Å². The van der Waals surface area contributed by atoms with Gasteiger partial charge in [0.25, 0.3) is 5.89 Å². The molecule has 0 amide bonds. The van der Waals surface area contributed by atoms with Crippen molar-refractivity contribution in [2.75, 3.05) is 7.11 Å². The highest BCUT2D eigenvalue weighted by molar-refractivity contribution is 9.10. The van der Waals surface area contributed by atoms with Crippen molar-refractivity contribution in [3.8, 4) is 34.4 Å². The number of rotatable bonds is 5. The molecule has 0 N–H and O–H groups in total. The molecule has 0 fully saturated rings. The second-order valence-corrected chi connectivity index (χ2v) is 6.58. The summed E-state index contributed by atoms with van der Waals surface area (Å²) in [5, 5.41) is 12.7. The minimum absolute atomic E-state index is 0.325. The Hall–Kier alpha value is -3.00. The van der Waals surface area contributed by atoms with Gasteiger partial charge in [-0.25, -0.2) is 4.68 Å². The first-order valence-electron chi connectivity index (χ1n) is 8.40. The molecule has 27 heavy (non-hydrogen) atoms. The van der Waals surface area contributed by atoms with Crippen LogP contribution in [0.25, 0.3) is 28.7 Å². The molecule has 0 aliphatic carbocycles. The van der Waals surface area contributed by atoms with Gasteiger partial charge in [-0.3, -0.25) is 0 Å². The van der Waals surface area contributed by atoms with Crippen LogP contribution in [0, 0.1) is 0 Å². The third-order valence-corrected chi connectivity index (χ3v) is 4.83. The van der Waals surface area contributed by atoms with Crippen LogP contribution in [0.5, 0.6) is 5.75 Å². The summed E-state index contributed by atoms with van der Waals surface area (Å²) >= 11 is 3.56. The van der Waals surface area contributed by atoms with E-state index < -0.39 is 0 Å². The summed E-state index contributed by atoms with van der Waals surface area (Å²) in [7, 11) is 1.61. The lowest BCUT2D eigenvalue weighted by molar-refractivity contribution is 0.413. The molecule has 0 unspecified atom stereocenters. The van der Waals surface area contributed by atoms with E-state index in [9.17, 15) is 0 Å². The van der Waals surface area contributed by atoms with Gasteiger partial charge in [0.1, 0.15) is 5.75 Å². The molecule has 0 bridgehead atoms. The highest BCUT2D eigenvalue weighted by Crippen LogP contribution is 2.31. The minimum Gasteiger partial charge on any atom is -0.496 e. The van der Waals surface area contributed by atoms with Gasteiger partial charge in [0.2, 0.25) is 5.82 Å². The molecule has 0 aliphatic heterocycles. The van der Waals surface area contributed by atoms with E-state index >= 15 is 0 Å². The quantitative estimate of drug-likeness (QED) is 0.473. The van der Waals surface area contributed by atoms with Gasteiger partial charge in [0.15, 0.2) is 5.69 Å². The summed E-state index contributed by atoms with van der Waals surface area (Å²) in [6, 6.07) is 15.4. The predicted molar refractivity (Wildman–Crippen MR) is 104 cm³/mol. The van der Waals surface area contributed by atoms with E-state index in [0.29, 0.717) is 29.6 Å². The molecule has 0 saturated carbocycles. The van der Waals surface area contributed by atoms with Crippen LogP contribution in [-0.4, -0.2) is 32.2 Å². The molecule has 8 heteroatoms. The van der Waals surface area contributed by atoms with E-state index in [1.165, 1.54) is 0 Å². The van der Waals surface area contributed by atoms with Crippen LogP contribution in [0.2, 0.25) is 0 Å². The number of halogens is 1. The summed E-state index contributed by atoms with van der Waals surface area (Å²) in [6.07, 6.45) is 0.704. The molecule has 0 radical (unpaired) electrons. The molecule has 136 valence electrons. The monoisotopic (exact) mass is 425 g/mol. The Morgan fingerprint density at radius 2 is 1.89 bits per heavy atom. The fourth-order valence-corrected chi connectivity index (χ4v) is 3.31. The standard InChI is InChI=1S/C19H16BrN5O2/c1-3-14-17(22-24-25(14)15-10-6-5-9-13(15)20)19-21-18(23-27-19)12-8-4-7-11-16(12)26-2/h4-11H,3H2,1-2H3. The van der Waals surface area contributed by atoms with Crippen LogP contribution >= 0.6 is 15.9 Å². The Morgan fingerprint density at radius 1 is 1.11 bits per heavy atom. The minimum atomic E-state index is 0.325. The zero-order valence-electron chi connectivity index (χ0n) is 14.8. The maximum absolute atomic E-state index is 5.48. The lowest BCUT2D eigenvalue weighted by atomic mass is 10.2. The predicted octanol–water partition coefficient (Wildman–Crippen LogP) is 4.32. The van der Waals surface area contributed by atoms with Crippen molar-refractivity contribution in [3.05, 3.63) is 58.7 Å². The first-order chi connectivity index (χ1) is 13.2. The Bertz CT molecular complexity index is 1090. The lowest BCUT2D eigenvalue weighted by Crippen LogP contribution is -2.02. The SMILES string of the molecule is CCc1c(-c2nc(-c3ccccc3OC)no2)nnn1-c1ccccc1Br. The van der Waals surface area contributed by atoms with Crippen molar-refractivity contribution in [2.24, 2.45) is 0 Å². The number of nitrogens with zero attached hydrogens (tertiary/aromatic N) is 5. The first-order valence-corrected chi connectivity index (χ1v) is 9.19. The Kier molecular flexibility index (Phi) is 4.72. The third kappa shape index (κ3) is 3.12. The van der Waals surface area contributed by atoms with Gasteiger partial charge >= 0.3 is 0 Å². The zero-order valence-corrected chi connectivity index (χ0v) is 16.3. The van der Waals surface area contributed by atoms with Gasteiger partial charge in [-0.2, -0.15) is 4.98 Å².